The van der Waals surface area contributed by atoms with Crippen LogP contribution in [0.5, 0.6) is 11.5 Å². The predicted octanol–water partition coefficient (Wildman–Crippen LogP) is 1.30. The number of carboxylic acids is 4. The minimum absolute atomic E-state index is 0.0163. The van der Waals surface area contributed by atoms with Crippen LogP contribution in [0.4, 0.5) is 26.2 Å². The van der Waals surface area contributed by atoms with E-state index in [0.29, 0.717) is 18.1 Å². The molecule has 0 radical (unpaired) electrons. The number of fused-ring (bicyclic) bond motifs is 1. The highest BCUT2D eigenvalue weighted by Gasteiger charge is 2.42. The number of unbranched alkanes of at least 4 members (excludes halogenated alkanes) is 1. The van der Waals surface area contributed by atoms with Crippen LogP contribution in [0.2, 0.25) is 0 Å². The molecule has 2 heterocycles. The molecule has 9 N–H and O–H groups in total. The van der Waals surface area contributed by atoms with Gasteiger partial charge in [0.15, 0.2) is 0 Å². The third kappa shape index (κ3) is 16.2. The minimum atomic E-state index is -1.35. The average molecular weight is 892 g/mol. The zero-order valence-corrected chi connectivity index (χ0v) is 34.4. The van der Waals surface area contributed by atoms with E-state index < -0.39 is 61.8 Å². The highest BCUT2D eigenvalue weighted by molar-refractivity contribution is 8.00. The topological polar surface area (TPSA) is 303 Å². The summed E-state index contributed by atoms with van der Waals surface area (Å²) in [4.78, 5) is 96.8. The molecule has 5 amide bonds. The lowest BCUT2D eigenvalue weighted by Crippen LogP contribution is -2.36. The van der Waals surface area contributed by atoms with Gasteiger partial charge in [-0.3, -0.25) is 33.6 Å². The summed E-state index contributed by atoms with van der Waals surface area (Å²) in [7, 11) is 0. The Kier molecular flexibility index (Phi) is 18.7. The highest BCUT2D eigenvalue weighted by atomic mass is 32.2. The second-order valence-corrected chi connectivity index (χ2v) is 15.5. The van der Waals surface area contributed by atoms with Crippen LogP contribution < -0.4 is 45.9 Å². The number of nitrogens with one attached hydrogen (secondary N) is 5. The SMILES string of the molecule is O=C(O)CN(CC(=O)O)c1ccc(F)cc1OCCOc1cc(NC(=O)CCCC(=O)NCCNC(=O)CCCCC2SCC3NC(=O)NC32)ccc1N(CC(=O)O)CC(=O)O. The summed E-state index contributed by atoms with van der Waals surface area (Å²) in [5, 5.41) is 51.7. The van der Waals surface area contributed by atoms with Crippen LogP contribution in [0.15, 0.2) is 36.4 Å². The van der Waals surface area contributed by atoms with Crippen LogP contribution in [0, 0.1) is 5.82 Å². The zero-order valence-electron chi connectivity index (χ0n) is 33.6. The number of carboxylic acid groups (broad SMARTS) is 4. The number of urea groups is 1. The first-order chi connectivity index (χ1) is 29.6. The molecule has 2 aliphatic heterocycles. The highest BCUT2D eigenvalue weighted by Crippen LogP contribution is 2.34. The molecule has 2 aliphatic rings. The monoisotopic (exact) mass is 891 g/mol. The van der Waals surface area contributed by atoms with E-state index in [2.05, 4.69) is 26.6 Å². The van der Waals surface area contributed by atoms with Crippen molar-refractivity contribution in [1.82, 2.24) is 21.3 Å². The Labute approximate surface area is 359 Å². The number of nitrogens with zero attached hydrogens (tertiary/aromatic N) is 2. The standard InChI is InChI=1S/C39H50FN7O14S/c40-23-8-10-26(46(18-34(51)52)19-35(53)54)28(16-23)60-14-15-61-29-17-24(9-11-27(29)47(20-36(55)56)21-37(57)58)43-33(50)7-3-6-32(49)42-13-12-41-31(48)5-2-1-4-30-38-25(22-62-30)44-39(59)45-38/h8-11,16-17,25,30,38H,1-7,12-15,18-22H2,(H,41,48)(H,42,49)(H,43,50)(H,51,52)(H,53,54)(H,55,56)(H,57,58)(H2,44,45,59). The second-order valence-electron chi connectivity index (χ2n) is 14.2. The van der Waals surface area contributed by atoms with Gasteiger partial charge in [-0.1, -0.05) is 6.42 Å². The van der Waals surface area contributed by atoms with E-state index in [1.165, 1.54) is 18.2 Å². The quantitative estimate of drug-likeness (QED) is 0.0430. The van der Waals surface area contributed by atoms with Gasteiger partial charge in [0.1, 0.15) is 56.7 Å². The zero-order chi connectivity index (χ0) is 45.2. The van der Waals surface area contributed by atoms with Gasteiger partial charge in [-0.2, -0.15) is 11.8 Å². The number of amides is 5. The van der Waals surface area contributed by atoms with E-state index in [9.17, 15) is 63.2 Å². The maximum Gasteiger partial charge on any atom is 0.323 e. The first-order valence-electron chi connectivity index (χ1n) is 19.7. The van der Waals surface area contributed by atoms with Gasteiger partial charge in [-0.25, -0.2) is 9.18 Å². The van der Waals surface area contributed by atoms with Gasteiger partial charge in [-0.05, 0) is 43.5 Å². The Morgan fingerprint density at radius 2 is 1.21 bits per heavy atom. The Bertz CT molecular complexity index is 1930. The second kappa shape index (κ2) is 24.1. The summed E-state index contributed by atoms with van der Waals surface area (Å²) in [5.74, 6) is -6.51. The van der Waals surface area contributed by atoms with Crippen LogP contribution in [0.1, 0.15) is 44.9 Å². The fourth-order valence-electron chi connectivity index (χ4n) is 6.73. The molecule has 0 bridgehead atoms. The van der Waals surface area contributed by atoms with Crippen molar-refractivity contribution in [3.8, 4) is 11.5 Å². The summed E-state index contributed by atoms with van der Waals surface area (Å²) in [6, 6.07) is 7.26. The van der Waals surface area contributed by atoms with Gasteiger partial charge in [0.25, 0.3) is 0 Å². The molecule has 4 rings (SSSR count). The van der Waals surface area contributed by atoms with E-state index in [1.54, 1.807) is 0 Å². The number of rotatable bonds is 28. The van der Waals surface area contributed by atoms with Crippen LogP contribution in [0.25, 0.3) is 0 Å². The molecule has 23 heteroatoms. The van der Waals surface area contributed by atoms with Gasteiger partial charge < -0.3 is 66.3 Å². The number of ether oxygens (including phenoxy) is 2. The normalized spacial score (nSPS) is 16.2. The summed E-state index contributed by atoms with van der Waals surface area (Å²) in [6.07, 6.45) is 2.92. The van der Waals surface area contributed by atoms with Crippen LogP contribution in [0.3, 0.4) is 0 Å². The van der Waals surface area contributed by atoms with E-state index in [0.717, 1.165) is 46.6 Å². The van der Waals surface area contributed by atoms with Gasteiger partial charge in [-0.15, -0.1) is 0 Å². The van der Waals surface area contributed by atoms with Gasteiger partial charge >= 0.3 is 29.9 Å². The lowest BCUT2D eigenvalue weighted by atomic mass is 10.0. The van der Waals surface area contributed by atoms with Gasteiger partial charge in [0.2, 0.25) is 17.7 Å². The van der Waals surface area contributed by atoms with Crippen molar-refractivity contribution in [2.75, 3.05) is 73.4 Å². The molecule has 0 saturated carbocycles. The lowest BCUT2D eigenvalue weighted by Gasteiger charge is -2.25. The molecular formula is C39H50FN7O14S. The molecule has 2 aromatic carbocycles. The number of carbonyl (C=O) groups is 8. The first-order valence-corrected chi connectivity index (χ1v) is 20.7. The van der Waals surface area contributed by atoms with Crippen molar-refractivity contribution >= 4 is 76.5 Å². The molecule has 0 aliphatic carbocycles. The van der Waals surface area contributed by atoms with Crippen molar-refractivity contribution in [2.45, 2.75) is 62.3 Å². The molecule has 0 aromatic heterocycles. The van der Waals surface area contributed by atoms with Gasteiger partial charge in [0, 0.05) is 61.2 Å². The van der Waals surface area contributed by atoms with E-state index in [4.69, 9.17) is 9.47 Å². The van der Waals surface area contributed by atoms with Crippen molar-refractivity contribution in [1.29, 1.82) is 0 Å². The van der Waals surface area contributed by atoms with Gasteiger partial charge in [0.05, 0.1) is 23.5 Å². The number of thioether (sulfide) groups is 1. The largest absolute Gasteiger partial charge is 0.488 e. The summed E-state index contributed by atoms with van der Waals surface area (Å²) < 4.78 is 25.6. The number of hydrogen-bond donors (Lipinski definition) is 9. The number of carbonyl (C=O) groups excluding carboxylic acids is 4. The summed E-state index contributed by atoms with van der Waals surface area (Å²) >= 11 is 1.82. The number of hydrogen-bond acceptors (Lipinski definition) is 13. The van der Waals surface area contributed by atoms with Crippen LogP contribution in [-0.4, -0.2) is 144 Å². The molecule has 62 heavy (non-hydrogen) atoms. The maximum atomic E-state index is 14.2. The maximum absolute atomic E-state index is 14.2. The summed E-state index contributed by atoms with van der Waals surface area (Å²) in [5.41, 5.74) is 0.168. The molecule has 21 nitrogen and oxygen atoms in total. The fourth-order valence-corrected chi connectivity index (χ4v) is 8.27. The number of benzene rings is 2. The van der Waals surface area contributed by atoms with Crippen molar-refractivity contribution < 1.29 is 72.6 Å². The van der Waals surface area contributed by atoms with Crippen molar-refractivity contribution in [3.05, 3.63) is 42.2 Å². The van der Waals surface area contributed by atoms with E-state index in [-0.39, 0.29) is 104 Å². The third-order valence-corrected chi connectivity index (χ3v) is 10.9. The molecule has 3 atom stereocenters. The Balaban J connectivity index is 1.24. The minimum Gasteiger partial charge on any atom is -0.488 e. The van der Waals surface area contributed by atoms with E-state index >= 15 is 0 Å². The average Bonchev–Trinajstić information content (AvgIpc) is 3.74. The van der Waals surface area contributed by atoms with Crippen molar-refractivity contribution in [2.24, 2.45) is 0 Å². The molecule has 0 spiro atoms. The van der Waals surface area contributed by atoms with E-state index in [1.807, 2.05) is 11.8 Å². The molecule has 2 aromatic rings. The third-order valence-electron chi connectivity index (χ3n) is 9.41. The Morgan fingerprint density at radius 1 is 0.694 bits per heavy atom. The first kappa shape index (κ1) is 48.1. The number of aliphatic carboxylic acids is 4. The Morgan fingerprint density at radius 3 is 1.77 bits per heavy atom. The molecule has 2 fully saturated rings. The Hall–Kier alpha value is -6.52. The number of anilines is 3. The smallest absolute Gasteiger partial charge is 0.323 e. The van der Waals surface area contributed by atoms with Crippen LogP contribution >= 0.6 is 11.8 Å². The molecule has 2 saturated heterocycles. The van der Waals surface area contributed by atoms with Crippen LogP contribution in [-0.2, 0) is 33.6 Å². The predicted molar refractivity (Wildman–Crippen MR) is 221 cm³/mol. The lowest BCUT2D eigenvalue weighted by molar-refractivity contribution is -0.138. The molecule has 3 unspecified atom stereocenters. The summed E-state index contributed by atoms with van der Waals surface area (Å²) in [6.45, 7) is -3.19. The fraction of sp³-hybridized carbons (Fsp3) is 0.487. The van der Waals surface area contributed by atoms with Crippen molar-refractivity contribution in [3.63, 3.8) is 0 Å². The molecule has 338 valence electrons. The number of halogens is 1. The molecular weight excluding hydrogens is 842 g/mol.